The number of phenols is 2. The summed E-state index contributed by atoms with van der Waals surface area (Å²) in [6.07, 6.45) is 4.42. The standard InChI is InChI=1S/C26H36BrNO5/c1-14(2)17-8-7-15(3)13-18(17)20-23(30)19-16(10-12-29)9-11-28(22(19)21(27)24(20)31)25(32)33-26(4,5)6/h13,16-18,29-31H,1,7-12H2,2-6H3/t16-,17-,18+/m0/s1. The molecular formula is C26H36BrNO5. The zero-order chi connectivity index (χ0) is 24.7. The number of phenolic OH excluding ortho intramolecular Hbond substituents is 2. The van der Waals surface area contributed by atoms with Crippen LogP contribution in [0, 0.1) is 5.92 Å². The van der Waals surface area contributed by atoms with Gasteiger partial charge in [0, 0.05) is 30.2 Å². The Morgan fingerprint density at radius 1 is 1.24 bits per heavy atom. The normalized spacial score (nSPS) is 23.1. The lowest BCUT2D eigenvalue weighted by Crippen LogP contribution is -2.41. The van der Waals surface area contributed by atoms with Crippen molar-refractivity contribution in [3.05, 3.63) is 39.4 Å². The Hall–Kier alpha value is -1.99. The van der Waals surface area contributed by atoms with E-state index in [2.05, 4.69) is 35.5 Å². The molecule has 6 nitrogen and oxygen atoms in total. The third-order valence-corrected chi connectivity index (χ3v) is 7.37. The second kappa shape index (κ2) is 9.71. The zero-order valence-corrected chi connectivity index (χ0v) is 21.8. The average molecular weight is 522 g/mol. The molecule has 0 spiro atoms. The number of benzene rings is 1. The average Bonchev–Trinajstić information content (AvgIpc) is 2.70. The SMILES string of the molecule is C=C(C)[C@@H]1CCC(C)=C[C@H]1c1c(O)c(Br)c2c(c1O)[C@H](CCO)CCN2C(=O)OC(C)(C)C. The van der Waals surface area contributed by atoms with Crippen molar-refractivity contribution in [2.75, 3.05) is 18.1 Å². The monoisotopic (exact) mass is 521 g/mol. The predicted molar refractivity (Wildman–Crippen MR) is 134 cm³/mol. The second-order valence-corrected chi connectivity index (χ2v) is 11.1. The van der Waals surface area contributed by atoms with Crippen LogP contribution >= 0.6 is 15.9 Å². The molecule has 0 unspecified atom stereocenters. The molecule has 3 rings (SSSR count). The number of aliphatic hydroxyl groups is 1. The highest BCUT2D eigenvalue weighted by molar-refractivity contribution is 9.10. The first-order valence-electron chi connectivity index (χ1n) is 11.6. The molecule has 1 aromatic rings. The second-order valence-electron chi connectivity index (χ2n) is 10.3. The van der Waals surface area contributed by atoms with E-state index in [1.54, 1.807) is 20.8 Å². The van der Waals surface area contributed by atoms with Crippen molar-refractivity contribution in [2.24, 2.45) is 5.92 Å². The molecule has 0 aromatic heterocycles. The fourth-order valence-corrected chi connectivity index (χ4v) is 5.72. The summed E-state index contributed by atoms with van der Waals surface area (Å²) >= 11 is 3.54. The van der Waals surface area contributed by atoms with Crippen molar-refractivity contribution in [3.8, 4) is 11.5 Å². The molecular weight excluding hydrogens is 486 g/mol. The highest BCUT2D eigenvalue weighted by Gasteiger charge is 2.40. The van der Waals surface area contributed by atoms with E-state index in [0.29, 0.717) is 40.7 Å². The number of nitrogens with zero attached hydrogens (tertiary/aromatic N) is 1. The van der Waals surface area contributed by atoms with Crippen LogP contribution in [-0.2, 0) is 4.74 Å². The van der Waals surface area contributed by atoms with Gasteiger partial charge in [-0.1, -0.05) is 23.8 Å². The molecule has 1 aliphatic heterocycles. The van der Waals surface area contributed by atoms with Crippen LogP contribution in [0.15, 0.2) is 28.3 Å². The number of hydrogen-bond donors (Lipinski definition) is 3. The number of fused-ring (bicyclic) bond motifs is 1. The van der Waals surface area contributed by atoms with Crippen LogP contribution in [0.3, 0.4) is 0 Å². The lowest BCUT2D eigenvalue weighted by atomic mass is 9.72. The minimum atomic E-state index is -0.686. The van der Waals surface area contributed by atoms with E-state index >= 15 is 0 Å². The summed E-state index contributed by atoms with van der Waals surface area (Å²) in [5.74, 6) is -0.399. The maximum absolute atomic E-state index is 13.0. The highest BCUT2D eigenvalue weighted by atomic mass is 79.9. The van der Waals surface area contributed by atoms with Gasteiger partial charge in [-0.3, -0.25) is 4.90 Å². The quantitative estimate of drug-likeness (QED) is 0.394. The fourth-order valence-electron chi connectivity index (χ4n) is 5.08. The van der Waals surface area contributed by atoms with Gasteiger partial charge in [-0.15, -0.1) is 0 Å². The minimum absolute atomic E-state index is 0.0143. The highest BCUT2D eigenvalue weighted by Crippen LogP contribution is 2.57. The van der Waals surface area contributed by atoms with Gasteiger partial charge in [0.05, 0.1) is 10.2 Å². The largest absolute Gasteiger partial charge is 0.507 e. The number of rotatable bonds is 4. The number of aromatic hydroxyl groups is 2. The van der Waals surface area contributed by atoms with Gasteiger partial charge in [0.15, 0.2) is 0 Å². The Bertz CT molecular complexity index is 978. The molecule has 2 aliphatic rings. The fraction of sp³-hybridized carbons (Fsp3) is 0.577. The Kier molecular flexibility index (Phi) is 7.54. The molecule has 1 aliphatic carbocycles. The van der Waals surface area contributed by atoms with Crippen LogP contribution < -0.4 is 4.90 Å². The Morgan fingerprint density at radius 3 is 2.48 bits per heavy atom. The Labute approximate surface area is 205 Å². The van der Waals surface area contributed by atoms with E-state index in [0.717, 1.165) is 18.4 Å². The van der Waals surface area contributed by atoms with Gasteiger partial charge in [-0.25, -0.2) is 4.79 Å². The first-order valence-corrected chi connectivity index (χ1v) is 12.4. The van der Waals surface area contributed by atoms with E-state index in [9.17, 15) is 20.1 Å². The molecule has 3 N–H and O–H groups in total. The summed E-state index contributed by atoms with van der Waals surface area (Å²) in [5, 5.41) is 32.6. The van der Waals surface area contributed by atoms with Crippen molar-refractivity contribution in [1.29, 1.82) is 0 Å². The number of ether oxygens (including phenoxy) is 1. The third kappa shape index (κ3) is 5.09. The number of carbonyl (C=O) groups excluding carboxylic acids is 1. The molecule has 0 saturated heterocycles. The summed E-state index contributed by atoms with van der Waals surface area (Å²) in [4.78, 5) is 14.5. The van der Waals surface area contributed by atoms with Gasteiger partial charge >= 0.3 is 6.09 Å². The van der Waals surface area contributed by atoms with Gasteiger partial charge in [-0.05, 0) is 88.1 Å². The summed E-state index contributed by atoms with van der Waals surface area (Å²) in [5.41, 5.74) is 2.94. The predicted octanol–water partition coefficient (Wildman–Crippen LogP) is 6.49. The molecule has 1 heterocycles. The van der Waals surface area contributed by atoms with E-state index in [1.807, 2.05) is 6.92 Å². The summed E-state index contributed by atoms with van der Waals surface area (Å²) in [6, 6.07) is 0. The molecule has 1 aromatic carbocycles. The lowest BCUT2D eigenvalue weighted by Gasteiger charge is -2.38. The summed E-state index contributed by atoms with van der Waals surface area (Å²) < 4.78 is 5.96. The zero-order valence-electron chi connectivity index (χ0n) is 20.2. The number of carbonyl (C=O) groups is 1. The van der Waals surface area contributed by atoms with Crippen LogP contribution in [0.2, 0.25) is 0 Å². The van der Waals surface area contributed by atoms with Crippen LogP contribution in [0.4, 0.5) is 10.5 Å². The summed E-state index contributed by atoms with van der Waals surface area (Å²) in [7, 11) is 0. The maximum Gasteiger partial charge on any atom is 0.414 e. The molecule has 182 valence electrons. The van der Waals surface area contributed by atoms with Crippen LogP contribution in [0.1, 0.15) is 83.3 Å². The van der Waals surface area contributed by atoms with Crippen LogP contribution in [0.5, 0.6) is 11.5 Å². The van der Waals surface area contributed by atoms with Crippen molar-refractivity contribution in [1.82, 2.24) is 0 Å². The molecule has 3 atom stereocenters. The Balaban J connectivity index is 2.24. The molecule has 0 fully saturated rings. The van der Waals surface area contributed by atoms with Crippen LogP contribution in [0.25, 0.3) is 0 Å². The summed E-state index contributed by atoms with van der Waals surface area (Å²) in [6.45, 7) is 13.9. The van der Waals surface area contributed by atoms with Gasteiger partial charge < -0.3 is 20.1 Å². The smallest absolute Gasteiger partial charge is 0.414 e. The van der Waals surface area contributed by atoms with Gasteiger partial charge in [0.25, 0.3) is 0 Å². The van der Waals surface area contributed by atoms with Crippen molar-refractivity contribution in [3.63, 3.8) is 0 Å². The maximum atomic E-state index is 13.0. The molecule has 1 amide bonds. The molecule has 0 saturated carbocycles. The first-order chi connectivity index (χ1) is 15.4. The molecule has 33 heavy (non-hydrogen) atoms. The third-order valence-electron chi connectivity index (χ3n) is 6.62. The number of amides is 1. The topological polar surface area (TPSA) is 90.2 Å². The van der Waals surface area contributed by atoms with E-state index in [-0.39, 0.29) is 35.9 Å². The van der Waals surface area contributed by atoms with Gasteiger partial charge in [0.2, 0.25) is 0 Å². The van der Waals surface area contributed by atoms with Gasteiger partial charge in [-0.2, -0.15) is 0 Å². The Morgan fingerprint density at radius 2 is 1.91 bits per heavy atom. The number of halogens is 1. The molecule has 7 heteroatoms. The first kappa shape index (κ1) is 25.6. The molecule has 0 bridgehead atoms. The number of allylic oxidation sites excluding steroid dienone is 3. The van der Waals surface area contributed by atoms with E-state index < -0.39 is 11.7 Å². The van der Waals surface area contributed by atoms with Crippen molar-refractivity contribution >= 4 is 27.7 Å². The number of aliphatic hydroxyl groups excluding tert-OH is 1. The minimum Gasteiger partial charge on any atom is -0.507 e. The van der Waals surface area contributed by atoms with E-state index in [1.165, 1.54) is 10.5 Å². The van der Waals surface area contributed by atoms with Gasteiger partial charge in [0.1, 0.15) is 17.1 Å². The number of anilines is 1. The van der Waals surface area contributed by atoms with Crippen molar-refractivity contribution in [2.45, 2.75) is 77.7 Å². The number of hydrogen-bond acceptors (Lipinski definition) is 5. The van der Waals surface area contributed by atoms with E-state index in [4.69, 9.17) is 4.74 Å². The van der Waals surface area contributed by atoms with Crippen LogP contribution in [-0.4, -0.2) is 40.2 Å². The molecule has 0 radical (unpaired) electrons. The lowest BCUT2D eigenvalue weighted by molar-refractivity contribution is 0.0576. The van der Waals surface area contributed by atoms with Crippen molar-refractivity contribution < 1.29 is 24.9 Å².